The number of oxazole rings is 1. The van der Waals surface area contributed by atoms with E-state index in [0.717, 1.165) is 4.57 Å². The maximum atomic E-state index is 13.4. The summed E-state index contributed by atoms with van der Waals surface area (Å²) >= 11 is 0. The number of aromatic nitrogens is 4. The number of methoxy groups -OCH3 is 3. The van der Waals surface area contributed by atoms with Crippen LogP contribution in [0.25, 0.3) is 22.5 Å². The van der Waals surface area contributed by atoms with Crippen LogP contribution in [0.5, 0.6) is 11.5 Å². The minimum Gasteiger partial charge on any atom is -0.493 e. The first kappa shape index (κ1) is 23.7. The van der Waals surface area contributed by atoms with Gasteiger partial charge < -0.3 is 18.6 Å². The van der Waals surface area contributed by atoms with E-state index < -0.39 is 17.2 Å². The highest BCUT2D eigenvalue weighted by molar-refractivity contribution is 6.02. The zero-order valence-electron chi connectivity index (χ0n) is 20.2. The van der Waals surface area contributed by atoms with Crippen molar-refractivity contribution in [3.05, 3.63) is 67.8 Å². The molecule has 0 spiro atoms. The quantitative estimate of drug-likeness (QED) is 0.382. The number of fused-ring (bicyclic) bond motifs is 1. The van der Waals surface area contributed by atoms with E-state index >= 15 is 0 Å². The smallest absolute Gasteiger partial charge is 0.338 e. The van der Waals surface area contributed by atoms with Crippen molar-refractivity contribution in [1.82, 2.24) is 19.1 Å². The van der Waals surface area contributed by atoms with Gasteiger partial charge >= 0.3 is 11.7 Å². The Morgan fingerprint density at radius 2 is 1.74 bits per heavy atom. The summed E-state index contributed by atoms with van der Waals surface area (Å²) in [5.41, 5.74) is 0.331. The number of ether oxygens (including phenoxy) is 3. The van der Waals surface area contributed by atoms with Gasteiger partial charge in [0.25, 0.3) is 5.56 Å². The third kappa shape index (κ3) is 4.05. The highest BCUT2D eigenvalue weighted by Crippen LogP contribution is 2.32. The lowest BCUT2D eigenvalue weighted by atomic mass is 10.1. The topological polar surface area (TPSA) is 128 Å². The van der Waals surface area contributed by atoms with Crippen LogP contribution in [0.2, 0.25) is 0 Å². The van der Waals surface area contributed by atoms with Gasteiger partial charge in [0.05, 0.1) is 38.8 Å². The zero-order valence-corrected chi connectivity index (χ0v) is 20.2. The maximum Gasteiger partial charge on any atom is 0.338 e. The van der Waals surface area contributed by atoms with Gasteiger partial charge in [0, 0.05) is 18.3 Å². The highest BCUT2D eigenvalue weighted by atomic mass is 16.5. The first-order valence-corrected chi connectivity index (χ1v) is 10.6. The van der Waals surface area contributed by atoms with Crippen LogP contribution >= 0.6 is 0 Å². The summed E-state index contributed by atoms with van der Waals surface area (Å²) in [5.74, 6) is 1.07. The van der Waals surface area contributed by atoms with E-state index in [0.29, 0.717) is 34.2 Å². The largest absolute Gasteiger partial charge is 0.493 e. The molecule has 0 bridgehead atoms. The number of pyridine rings is 1. The van der Waals surface area contributed by atoms with Crippen molar-refractivity contribution in [3.63, 3.8) is 0 Å². The van der Waals surface area contributed by atoms with Crippen molar-refractivity contribution < 1.29 is 23.4 Å². The predicted octanol–water partition coefficient (Wildman–Crippen LogP) is 2.22. The number of rotatable bonds is 6. The summed E-state index contributed by atoms with van der Waals surface area (Å²) in [6.07, 6.45) is 0. The molecule has 11 nitrogen and oxygen atoms in total. The maximum absolute atomic E-state index is 13.4. The average molecular weight is 480 g/mol. The molecule has 0 N–H and O–H groups in total. The second kappa shape index (κ2) is 9.09. The second-order valence-corrected chi connectivity index (χ2v) is 7.83. The van der Waals surface area contributed by atoms with Gasteiger partial charge in [-0.25, -0.2) is 19.6 Å². The van der Waals surface area contributed by atoms with E-state index in [-0.39, 0.29) is 29.0 Å². The molecule has 4 rings (SSSR count). The van der Waals surface area contributed by atoms with Crippen LogP contribution in [0.1, 0.15) is 27.5 Å². The monoisotopic (exact) mass is 480 g/mol. The number of hydrogen-bond acceptors (Lipinski definition) is 9. The molecule has 0 aliphatic rings. The van der Waals surface area contributed by atoms with Gasteiger partial charge in [-0.05, 0) is 38.1 Å². The van der Waals surface area contributed by atoms with Crippen molar-refractivity contribution in [1.29, 1.82) is 0 Å². The van der Waals surface area contributed by atoms with Crippen LogP contribution in [0.4, 0.5) is 0 Å². The number of benzene rings is 1. The van der Waals surface area contributed by atoms with Crippen LogP contribution < -0.4 is 20.7 Å². The van der Waals surface area contributed by atoms with E-state index in [1.807, 2.05) is 0 Å². The molecule has 11 heteroatoms. The number of carbonyl (C=O) groups excluding carboxylic acids is 1. The third-order valence-electron chi connectivity index (χ3n) is 5.66. The van der Waals surface area contributed by atoms with E-state index in [9.17, 15) is 14.4 Å². The molecule has 4 aromatic rings. The number of carbonyl (C=O) groups is 1. The van der Waals surface area contributed by atoms with E-state index in [1.54, 1.807) is 32.0 Å². The lowest BCUT2D eigenvalue weighted by Crippen LogP contribution is -2.40. The van der Waals surface area contributed by atoms with Gasteiger partial charge in [0.2, 0.25) is 5.89 Å². The molecule has 3 heterocycles. The fourth-order valence-corrected chi connectivity index (χ4v) is 3.83. The second-order valence-electron chi connectivity index (χ2n) is 7.83. The minimum atomic E-state index is -0.698. The van der Waals surface area contributed by atoms with Crippen molar-refractivity contribution in [2.75, 3.05) is 21.3 Å². The lowest BCUT2D eigenvalue weighted by molar-refractivity contribution is 0.0602. The fourth-order valence-electron chi connectivity index (χ4n) is 3.83. The molecule has 0 atom stereocenters. The number of hydrogen-bond donors (Lipinski definition) is 0. The Hall–Kier alpha value is -4.41. The highest BCUT2D eigenvalue weighted by Gasteiger charge is 2.22. The van der Waals surface area contributed by atoms with Crippen molar-refractivity contribution in [2.45, 2.75) is 20.4 Å². The molecular formula is C24H24N4O7. The third-order valence-corrected chi connectivity index (χ3v) is 5.66. The van der Waals surface area contributed by atoms with Crippen molar-refractivity contribution in [3.8, 4) is 23.0 Å². The van der Waals surface area contributed by atoms with E-state index in [4.69, 9.17) is 18.6 Å². The molecule has 0 saturated carbocycles. The minimum absolute atomic E-state index is 0.00851. The van der Waals surface area contributed by atoms with Crippen LogP contribution in [0.15, 0.2) is 38.3 Å². The molecule has 0 saturated heterocycles. The van der Waals surface area contributed by atoms with Gasteiger partial charge in [0.1, 0.15) is 17.1 Å². The number of esters is 1. The van der Waals surface area contributed by atoms with Gasteiger partial charge in [-0.15, -0.1) is 0 Å². The zero-order chi connectivity index (χ0) is 25.4. The van der Waals surface area contributed by atoms with Crippen LogP contribution in [0.3, 0.4) is 0 Å². The molecule has 0 aliphatic heterocycles. The van der Waals surface area contributed by atoms with Crippen molar-refractivity contribution >= 4 is 17.0 Å². The molecule has 35 heavy (non-hydrogen) atoms. The fraction of sp³-hybridized carbons (Fsp3) is 0.292. The number of nitrogens with zero attached hydrogens (tertiary/aromatic N) is 4. The predicted molar refractivity (Wildman–Crippen MR) is 126 cm³/mol. The van der Waals surface area contributed by atoms with Gasteiger partial charge in [-0.2, -0.15) is 0 Å². The number of aryl methyl sites for hydroxylation is 3. The van der Waals surface area contributed by atoms with Gasteiger partial charge in [0.15, 0.2) is 11.5 Å². The molecule has 182 valence electrons. The first-order valence-electron chi connectivity index (χ1n) is 10.6. The average Bonchev–Trinajstić information content (AvgIpc) is 3.23. The summed E-state index contributed by atoms with van der Waals surface area (Å²) in [5, 5.41) is -0.00851. The molecule has 0 amide bonds. The van der Waals surface area contributed by atoms with E-state index in [1.165, 1.54) is 39.0 Å². The Morgan fingerprint density at radius 3 is 2.40 bits per heavy atom. The summed E-state index contributed by atoms with van der Waals surface area (Å²) in [6, 6.07) is 6.65. The lowest BCUT2D eigenvalue weighted by Gasteiger charge is -2.12. The van der Waals surface area contributed by atoms with Crippen LogP contribution in [0, 0.1) is 13.8 Å². The molecule has 1 aromatic carbocycles. The summed E-state index contributed by atoms with van der Waals surface area (Å²) in [6.45, 7) is 3.18. The summed E-state index contributed by atoms with van der Waals surface area (Å²) in [7, 11) is 5.77. The van der Waals surface area contributed by atoms with E-state index in [2.05, 4.69) is 9.97 Å². The Morgan fingerprint density at radius 1 is 1.03 bits per heavy atom. The van der Waals surface area contributed by atoms with Gasteiger partial charge in [-0.1, -0.05) is 0 Å². The Kier molecular flexibility index (Phi) is 6.16. The standard InChI is InChI=1S/C24H24N4O7/c1-12-9-15(23(30)34-6)19-20(25-12)27(3)24(31)28(22(19)29)11-16-13(2)35-21(26-16)14-7-8-17(32-4)18(10-14)33-5/h7-10H,11H2,1-6H3. The molecule has 0 aliphatic carbocycles. The Labute approximate surface area is 199 Å². The molecule has 0 radical (unpaired) electrons. The SMILES string of the molecule is COC(=O)c1cc(C)nc2c1c(=O)n(Cc1nc(-c3ccc(OC)c(OC)c3)oc1C)c(=O)n2C. The first-order chi connectivity index (χ1) is 16.7. The Bertz CT molecular complexity index is 1580. The molecule has 0 fully saturated rings. The Balaban J connectivity index is 1.85. The summed E-state index contributed by atoms with van der Waals surface area (Å²) in [4.78, 5) is 47.7. The molecule has 0 unspecified atom stereocenters. The molecule has 3 aromatic heterocycles. The van der Waals surface area contributed by atoms with Crippen LogP contribution in [-0.4, -0.2) is 46.4 Å². The van der Waals surface area contributed by atoms with Crippen LogP contribution in [-0.2, 0) is 18.3 Å². The normalized spacial score (nSPS) is 11.0. The van der Waals surface area contributed by atoms with Gasteiger partial charge in [-0.3, -0.25) is 13.9 Å². The molecular weight excluding hydrogens is 456 g/mol. The van der Waals surface area contributed by atoms with Crippen molar-refractivity contribution in [2.24, 2.45) is 7.05 Å². The summed E-state index contributed by atoms with van der Waals surface area (Å²) < 4.78 is 23.5.